The SMILES string of the molecule is CCOc1ccc(-n2c(C(C)N(CCc3ccc(OC)c(OC)c3)C(=O)c3ccc(Cl)cc3)nc3ccccc3c2=O)cc1. The van der Waals surface area contributed by atoms with Crippen LogP contribution >= 0.6 is 11.6 Å². The van der Waals surface area contributed by atoms with Gasteiger partial charge in [-0.1, -0.05) is 29.8 Å². The lowest BCUT2D eigenvalue weighted by Crippen LogP contribution is -2.38. The van der Waals surface area contributed by atoms with E-state index in [1.54, 1.807) is 54.0 Å². The second kappa shape index (κ2) is 13.7. The maximum absolute atomic E-state index is 14.1. The highest BCUT2D eigenvalue weighted by atomic mass is 35.5. The fraction of sp³-hybridized carbons (Fsp3) is 0.229. The van der Waals surface area contributed by atoms with Gasteiger partial charge in [-0.3, -0.25) is 14.2 Å². The van der Waals surface area contributed by atoms with E-state index in [-0.39, 0.29) is 11.5 Å². The molecule has 8 nitrogen and oxygen atoms in total. The number of methoxy groups -OCH3 is 2. The molecule has 9 heteroatoms. The van der Waals surface area contributed by atoms with Gasteiger partial charge in [0.2, 0.25) is 0 Å². The number of hydrogen-bond acceptors (Lipinski definition) is 6. The minimum atomic E-state index is -0.595. The van der Waals surface area contributed by atoms with Gasteiger partial charge in [-0.2, -0.15) is 0 Å². The number of benzene rings is 4. The third-order valence-electron chi connectivity index (χ3n) is 7.49. The van der Waals surface area contributed by atoms with Crippen molar-refractivity contribution in [1.82, 2.24) is 14.5 Å². The number of para-hydroxylation sites is 1. The highest BCUT2D eigenvalue weighted by Gasteiger charge is 2.28. The third-order valence-corrected chi connectivity index (χ3v) is 7.74. The highest BCUT2D eigenvalue weighted by molar-refractivity contribution is 6.30. The molecule has 1 amide bonds. The lowest BCUT2D eigenvalue weighted by Gasteiger charge is -2.31. The first-order valence-corrected chi connectivity index (χ1v) is 14.7. The van der Waals surface area contributed by atoms with Gasteiger partial charge in [0, 0.05) is 17.1 Å². The number of fused-ring (bicyclic) bond motifs is 1. The van der Waals surface area contributed by atoms with Crippen LogP contribution < -0.4 is 19.8 Å². The second-order valence-electron chi connectivity index (χ2n) is 10.2. The molecule has 5 rings (SSSR count). The smallest absolute Gasteiger partial charge is 0.266 e. The highest BCUT2D eigenvalue weighted by Crippen LogP contribution is 2.30. The van der Waals surface area contributed by atoms with Crippen molar-refractivity contribution in [1.29, 1.82) is 0 Å². The maximum Gasteiger partial charge on any atom is 0.266 e. The van der Waals surface area contributed by atoms with Crippen molar-refractivity contribution < 1.29 is 19.0 Å². The Bertz CT molecular complexity index is 1820. The number of halogens is 1. The van der Waals surface area contributed by atoms with Crippen molar-refractivity contribution in [3.05, 3.63) is 123 Å². The Kier molecular flexibility index (Phi) is 9.50. The second-order valence-corrected chi connectivity index (χ2v) is 10.6. The number of hydrogen-bond donors (Lipinski definition) is 0. The summed E-state index contributed by atoms with van der Waals surface area (Å²) in [7, 11) is 3.18. The molecule has 4 aromatic carbocycles. The zero-order valence-electron chi connectivity index (χ0n) is 25.1. The molecular formula is C35H34ClN3O5. The Morgan fingerprint density at radius 1 is 0.932 bits per heavy atom. The fourth-order valence-corrected chi connectivity index (χ4v) is 5.32. The van der Waals surface area contributed by atoms with Gasteiger partial charge in [-0.05, 0) is 98.6 Å². The molecule has 1 heterocycles. The molecule has 0 saturated carbocycles. The normalized spacial score (nSPS) is 11.7. The zero-order chi connectivity index (χ0) is 31.2. The number of aromatic nitrogens is 2. The monoisotopic (exact) mass is 611 g/mol. The molecule has 1 unspecified atom stereocenters. The molecule has 44 heavy (non-hydrogen) atoms. The molecule has 5 aromatic rings. The van der Waals surface area contributed by atoms with Crippen LogP contribution in [0.1, 0.15) is 41.6 Å². The van der Waals surface area contributed by atoms with Gasteiger partial charge in [0.1, 0.15) is 11.6 Å². The van der Waals surface area contributed by atoms with Crippen molar-refractivity contribution in [2.45, 2.75) is 26.3 Å². The molecule has 0 spiro atoms. The first-order chi connectivity index (χ1) is 21.3. The van der Waals surface area contributed by atoms with E-state index in [1.807, 2.05) is 74.5 Å². The number of rotatable bonds is 11. The largest absolute Gasteiger partial charge is 0.494 e. The van der Waals surface area contributed by atoms with Gasteiger partial charge in [0.25, 0.3) is 11.5 Å². The van der Waals surface area contributed by atoms with Gasteiger partial charge in [-0.15, -0.1) is 0 Å². The molecule has 1 atom stereocenters. The number of carbonyl (C=O) groups is 1. The first-order valence-electron chi connectivity index (χ1n) is 14.4. The molecule has 0 bridgehead atoms. The van der Waals surface area contributed by atoms with E-state index >= 15 is 0 Å². The van der Waals surface area contributed by atoms with Gasteiger partial charge in [0.05, 0.1) is 43.5 Å². The van der Waals surface area contributed by atoms with Gasteiger partial charge in [0.15, 0.2) is 11.5 Å². The Hall–Kier alpha value is -4.82. The maximum atomic E-state index is 14.1. The summed E-state index contributed by atoms with van der Waals surface area (Å²) < 4.78 is 18.1. The van der Waals surface area contributed by atoms with E-state index in [4.69, 9.17) is 30.8 Å². The topological polar surface area (TPSA) is 82.9 Å². The summed E-state index contributed by atoms with van der Waals surface area (Å²) in [4.78, 5) is 34.9. The molecule has 226 valence electrons. The van der Waals surface area contributed by atoms with Crippen molar-refractivity contribution in [2.75, 3.05) is 27.4 Å². The van der Waals surface area contributed by atoms with Crippen LogP contribution in [0.4, 0.5) is 0 Å². The van der Waals surface area contributed by atoms with E-state index < -0.39 is 6.04 Å². The number of amides is 1. The summed E-state index contributed by atoms with van der Waals surface area (Å²) in [6.07, 6.45) is 0.519. The van der Waals surface area contributed by atoms with Crippen molar-refractivity contribution in [3.63, 3.8) is 0 Å². The molecule has 0 saturated heterocycles. The minimum Gasteiger partial charge on any atom is -0.494 e. The Labute approximate surface area is 261 Å². The van der Waals surface area contributed by atoms with E-state index in [1.165, 1.54) is 0 Å². The van der Waals surface area contributed by atoms with E-state index in [9.17, 15) is 9.59 Å². The molecule has 0 aliphatic rings. The molecule has 0 aliphatic heterocycles. The van der Waals surface area contributed by atoms with Crippen LogP contribution in [0.25, 0.3) is 16.6 Å². The van der Waals surface area contributed by atoms with Gasteiger partial charge >= 0.3 is 0 Å². The van der Waals surface area contributed by atoms with Crippen molar-refractivity contribution in [2.24, 2.45) is 0 Å². The first kappa shape index (κ1) is 30.6. The van der Waals surface area contributed by atoms with Crippen LogP contribution in [-0.2, 0) is 6.42 Å². The summed E-state index contributed by atoms with van der Waals surface area (Å²) in [5, 5.41) is 1.02. The van der Waals surface area contributed by atoms with E-state index in [0.717, 1.165) is 5.56 Å². The number of ether oxygens (including phenoxy) is 3. The minimum absolute atomic E-state index is 0.213. The molecule has 0 N–H and O–H groups in total. The standard InChI is InChI=1S/C35H34ClN3O5/c1-5-44-28-17-15-27(16-18-28)39-33(37-30-9-7-6-8-29(30)35(39)41)23(2)38(34(40)25-11-13-26(36)14-12-25)21-20-24-10-19-31(42-3)32(22-24)43-4/h6-19,22-23H,5,20-21H2,1-4H3. The van der Waals surface area contributed by atoms with Crippen LogP contribution in [0.3, 0.4) is 0 Å². The lowest BCUT2D eigenvalue weighted by molar-refractivity contribution is 0.0683. The molecule has 1 aromatic heterocycles. The van der Waals surface area contributed by atoms with Crippen LogP contribution in [0.5, 0.6) is 17.2 Å². The summed E-state index contributed by atoms with van der Waals surface area (Å²) in [6.45, 7) is 4.68. The van der Waals surface area contributed by atoms with Crippen LogP contribution in [0.15, 0.2) is 95.8 Å². The molecular weight excluding hydrogens is 578 g/mol. The van der Waals surface area contributed by atoms with E-state index in [2.05, 4.69) is 0 Å². The summed E-state index contributed by atoms with van der Waals surface area (Å²) in [5.41, 5.74) is 2.39. The fourth-order valence-electron chi connectivity index (χ4n) is 5.19. The predicted octanol–water partition coefficient (Wildman–Crippen LogP) is 6.90. The average Bonchev–Trinajstić information content (AvgIpc) is 3.05. The van der Waals surface area contributed by atoms with E-state index in [0.29, 0.717) is 69.8 Å². The van der Waals surface area contributed by atoms with Crippen molar-refractivity contribution in [3.8, 4) is 22.9 Å². The van der Waals surface area contributed by atoms with Crippen molar-refractivity contribution >= 4 is 28.4 Å². The summed E-state index contributed by atoms with van der Waals surface area (Å²) in [6, 6.07) is 26.4. The zero-order valence-corrected chi connectivity index (χ0v) is 25.9. The Morgan fingerprint density at radius 3 is 2.32 bits per heavy atom. The van der Waals surface area contributed by atoms with Crippen LogP contribution in [0, 0.1) is 0 Å². The number of carbonyl (C=O) groups excluding carboxylic acids is 1. The van der Waals surface area contributed by atoms with Gasteiger partial charge < -0.3 is 19.1 Å². The lowest BCUT2D eigenvalue weighted by atomic mass is 10.1. The molecule has 0 radical (unpaired) electrons. The van der Waals surface area contributed by atoms with Crippen LogP contribution in [0.2, 0.25) is 5.02 Å². The molecule has 0 fully saturated rings. The predicted molar refractivity (Wildman–Crippen MR) is 173 cm³/mol. The average molecular weight is 612 g/mol. The summed E-state index contributed by atoms with van der Waals surface area (Å²) in [5.74, 6) is 2.15. The Balaban J connectivity index is 1.61. The van der Waals surface area contributed by atoms with Crippen LogP contribution in [-0.4, -0.2) is 47.7 Å². The third kappa shape index (κ3) is 6.40. The number of nitrogens with zero attached hydrogens (tertiary/aromatic N) is 3. The Morgan fingerprint density at radius 2 is 1.64 bits per heavy atom. The molecule has 0 aliphatic carbocycles. The summed E-state index contributed by atoms with van der Waals surface area (Å²) >= 11 is 6.14. The quantitative estimate of drug-likeness (QED) is 0.162. The van der Waals surface area contributed by atoms with Gasteiger partial charge in [-0.25, -0.2) is 4.98 Å².